The molecule has 27 heavy (non-hydrogen) atoms. The number of nitrogens with one attached hydrogen (secondary N) is 1. The molecule has 3 rings (SSSR count). The molecule has 6 nitrogen and oxygen atoms in total. The minimum Gasteiger partial charge on any atom is -0.292 e. The van der Waals surface area contributed by atoms with Gasteiger partial charge in [0.05, 0.1) is 10.6 Å². The first-order chi connectivity index (χ1) is 12.6. The summed E-state index contributed by atoms with van der Waals surface area (Å²) in [5.74, 6) is -3.85. The standard InChI is InChI=1S/C19H17FN2O4S/c1-19(2,3)17(25)21-18(26)22-12-7-6-10(20)9-11(12)14(16(22)24)15(23)13-5-4-8-27-13/h4-9,14H,1-3H3,(H,21,25,26). The Hall–Kier alpha value is -2.87. The van der Waals surface area contributed by atoms with Crippen LogP contribution in [0.5, 0.6) is 0 Å². The maximum Gasteiger partial charge on any atom is 0.335 e. The fourth-order valence-corrected chi connectivity index (χ4v) is 3.40. The van der Waals surface area contributed by atoms with Gasteiger partial charge >= 0.3 is 6.03 Å². The third-order valence-corrected chi connectivity index (χ3v) is 5.02. The zero-order valence-corrected chi connectivity index (χ0v) is 15.7. The second-order valence-electron chi connectivity index (χ2n) is 7.16. The van der Waals surface area contributed by atoms with Gasteiger partial charge in [0.2, 0.25) is 5.91 Å². The molecule has 0 bridgehead atoms. The van der Waals surface area contributed by atoms with Crippen molar-refractivity contribution < 1.29 is 23.6 Å². The normalized spacial score (nSPS) is 16.2. The average molecular weight is 388 g/mol. The largest absolute Gasteiger partial charge is 0.335 e. The summed E-state index contributed by atoms with van der Waals surface area (Å²) in [7, 11) is 0. The van der Waals surface area contributed by atoms with Crippen LogP contribution >= 0.6 is 11.3 Å². The van der Waals surface area contributed by atoms with Crippen molar-refractivity contribution in [3.63, 3.8) is 0 Å². The molecule has 0 fully saturated rings. The van der Waals surface area contributed by atoms with Crippen LogP contribution in [-0.4, -0.2) is 23.6 Å². The lowest BCUT2D eigenvalue weighted by atomic mass is 9.95. The van der Waals surface area contributed by atoms with Gasteiger partial charge in [-0.05, 0) is 35.2 Å². The smallest absolute Gasteiger partial charge is 0.292 e. The highest BCUT2D eigenvalue weighted by Gasteiger charge is 2.46. The number of halogens is 1. The first-order valence-corrected chi connectivity index (χ1v) is 9.06. The van der Waals surface area contributed by atoms with Gasteiger partial charge in [0.1, 0.15) is 11.7 Å². The predicted octanol–water partition coefficient (Wildman–Crippen LogP) is 3.48. The Morgan fingerprint density at radius 2 is 1.89 bits per heavy atom. The molecule has 1 unspecified atom stereocenters. The van der Waals surface area contributed by atoms with Crippen molar-refractivity contribution in [2.75, 3.05) is 4.90 Å². The molecule has 1 atom stereocenters. The van der Waals surface area contributed by atoms with Gasteiger partial charge in [-0.15, -0.1) is 11.3 Å². The van der Waals surface area contributed by atoms with Crippen LogP contribution in [0.3, 0.4) is 0 Å². The Kier molecular flexibility index (Phi) is 4.69. The highest BCUT2D eigenvalue weighted by Crippen LogP contribution is 2.40. The van der Waals surface area contributed by atoms with Gasteiger partial charge in [-0.1, -0.05) is 26.8 Å². The Bertz CT molecular complexity index is 947. The molecule has 1 aromatic heterocycles. The molecule has 140 valence electrons. The number of fused-ring (bicyclic) bond motifs is 1. The van der Waals surface area contributed by atoms with E-state index in [1.54, 1.807) is 38.3 Å². The quantitative estimate of drug-likeness (QED) is 0.631. The lowest BCUT2D eigenvalue weighted by molar-refractivity contribution is -0.127. The number of hydrogen-bond donors (Lipinski definition) is 1. The molecule has 1 aliphatic rings. The summed E-state index contributed by atoms with van der Waals surface area (Å²) in [4.78, 5) is 51.4. The summed E-state index contributed by atoms with van der Waals surface area (Å²) in [5.41, 5.74) is -0.650. The van der Waals surface area contributed by atoms with Gasteiger partial charge in [0.15, 0.2) is 5.78 Å². The number of imide groups is 2. The van der Waals surface area contributed by atoms with E-state index in [0.29, 0.717) is 4.88 Å². The lowest BCUT2D eigenvalue weighted by Gasteiger charge is -2.21. The van der Waals surface area contributed by atoms with Gasteiger partial charge < -0.3 is 0 Å². The molecule has 8 heteroatoms. The van der Waals surface area contributed by atoms with Crippen LogP contribution in [0.25, 0.3) is 0 Å². The molecule has 1 N–H and O–H groups in total. The molecule has 0 radical (unpaired) electrons. The maximum atomic E-state index is 13.8. The topological polar surface area (TPSA) is 83.6 Å². The minimum absolute atomic E-state index is 0.0931. The molecular weight excluding hydrogens is 371 g/mol. The summed E-state index contributed by atoms with van der Waals surface area (Å²) in [6, 6.07) is 5.68. The molecule has 0 aliphatic carbocycles. The highest BCUT2D eigenvalue weighted by atomic mass is 32.1. The van der Waals surface area contributed by atoms with E-state index in [9.17, 15) is 23.6 Å². The third-order valence-electron chi connectivity index (χ3n) is 4.14. The van der Waals surface area contributed by atoms with Gasteiger partial charge in [-0.2, -0.15) is 0 Å². The van der Waals surface area contributed by atoms with Crippen LogP contribution in [-0.2, 0) is 9.59 Å². The van der Waals surface area contributed by atoms with Gasteiger partial charge in [-0.25, -0.2) is 14.1 Å². The first kappa shape index (κ1) is 18.9. The summed E-state index contributed by atoms with van der Waals surface area (Å²) >= 11 is 1.15. The number of rotatable bonds is 2. The number of Topliss-reactive ketones (excluding diaryl/α,β-unsaturated/α-hetero) is 1. The van der Waals surface area contributed by atoms with Crippen molar-refractivity contribution >= 4 is 40.7 Å². The highest BCUT2D eigenvalue weighted by molar-refractivity contribution is 7.12. The zero-order valence-electron chi connectivity index (χ0n) is 14.9. The maximum absolute atomic E-state index is 13.8. The molecule has 2 aromatic rings. The van der Waals surface area contributed by atoms with Crippen LogP contribution in [0.2, 0.25) is 0 Å². The van der Waals surface area contributed by atoms with Gasteiger partial charge in [-0.3, -0.25) is 19.7 Å². The van der Waals surface area contributed by atoms with Crippen molar-refractivity contribution in [1.29, 1.82) is 0 Å². The van der Waals surface area contributed by atoms with Crippen LogP contribution < -0.4 is 10.2 Å². The number of urea groups is 1. The van der Waals surface area contributed by atoms with Gasteiger partial charge in [0.25, 0.3) is 5.91 Å². The number of nitrogens with zero attached hydrogens (tertiary/aromatic N) is 1. The van der Waals surface area contributed by atoms with Crippen LogP contribution in [0.1, 0.15) is 41.9 Å². The first-order valence-electron chi connectivity index (χ1n) is 8.18. The van der Waals surface area contributed by atoms with Crippen LogP contribution in [0, 0.1) is 11.2 Å². The summed E-state index contributed by atoms with van der Waals surface area (Å²) in [5, 5.41) is 3.85. The minimum atomic E-state index is -1.33. The second kappa shape index (κ2) is 6.70. The third kappa shape index (κ3) is 3.40. The molecule has 1 aliphatic heterocycles. The monoisotopic (exact) mass is 388 g/mol. The van der Waals surface area contributed by atoms with E-state index >= 15 is 0 Å². The molecule has 1 aromatic carbocycles. The van der Waals surface area contributed by atoms with Crippen LogP contribution in [0.4, 0.5) is 14.9 Å². The molecule has 0 saturated heterocycles. The second-order valence-corrected chi connectivity index (χ2v) is 8.11. The Labute approximate surface area is 159 Å². The lowest BCUT2D eigenvalue weighted by Crippen LogP contribution is -2.48. The molecule has 0 spiro atoms. The predicted molar refractivity (Wildman–Crippen MR) is 98.3 cm³/mol. The average Bonchev–Trinajstić information content (AvgIpc) is 3.19. The van der Waals surface area contributed by atoms with E-state index in [2.05, 4.69) is 5.32 Å². The summed E-state index contributed by atoms with van der Waals surface area (Å²) in [6.07, 6.45) is 0. The Balaban J connectivity index is 2.00. The zero-order chi connectivity index (χ0) is 19.9. The van der Waals surface area contributed by atoms with E-state index < -0.39 is 40.8 Å². The summed E-state index contributed by atoms with van der Waals surface area (Å²) < 4.78 is 13.8. The van der Waals surface area contributed by atoms with E-state index in [4.69, 9.17) is 0 Å². The van der Waals surface area contributed by atoms with E-state index in [0.717, 1.165) is 28.4 Å². The Morgan fingerprint density at radius 3 is 2.48 bits per heavy atom. The summed E-state index contributed by atoms with van der Waals surface area (Å²) in [6.45, 7) is 4.86. The molecular formula is C19H17FN2O4S. The van der Waals surface area contributed by atoms with E-state index in [1.165, 1.54) is 6.07 Å². The van der Waals surface area contributed by atoms with Crippen molar-refractivity contribution in [2.24, 2.45) is 5.41 Å². The number of benzene rings is 1. The van der Waals surface area contributed by atoms with Crippen molar-refractivity contribution in [3.8, 4) is 0 Å². The fraction of sp³-hybridized carbons (Fsp3) is 0.263. The van der Waals surface area contributed by atoms with Crippen molar-refractivity contribution in [3.05, 3.63) is 52.0 Å². The van der Waals surface area contributed by atoms with Gasteiger partial charge in [0, 0.05) is 5.41 Å². The molecule has 4 amide bonds. The number of hydrogen-bond acceptors (Lipinski definition) is 5. The van der Waals surface area contributed by atoms with Crippen LogP contribution in [0.15, 0.2) is 35.7 Å². The van der Waals surface area contributed by atoms with Crippen molar-refractivity contribution in [1.82, 2.24) is 5.32 Å². The SMILES string of the molecule is CC(C)(C)C(=O)NC(=O)N1C(=O)C(C(=O)c2cccs2)c2cc(F)ccc21. The van der Waals surface area contributed by atoms with E-state index in [1.807, 2.05) is 0 Å². The van der Waals surface area contributed by atoms with Crippen molar-refractivity contribution in [2.45, 2.75) is 26.7 Å². The van der Waals surface area contributed by atoms with E-state index in [-0.39, 0.29) is 11.3 Å². The number of ketones is 1. The fourth-order valence-electron chi connectivity index (χ4n) is 2.71. The number of carbonyl (C=O) groups is 4. The molecule has 2 heterocycles. The number of thiophene rings is 1. The Morgan fingerprint density at radius 1 is 1.19 bits per heavy atom. The number of amides is 4. The number of anilines is 1. The molecule has 0 saturated carbocycles. The number of carbonyl (C=O) groups excluding carboxylic acids is 4.